The van der Waals surface area contributed by atoms with Crippen molar-refractivity contribution in [1.29, 1.82) is 0 Å². The van der Waals surface area contributed by atoms with Crippen LogP contribution in [0.3, 0.4) is 0 Å². The van der Waals surface area contributed by atoms with Crippen LogP contribution in [0.15, 0.2) is 53.6 Å². The maximum absolute atomic E-state index is 12.1. The van der Waals surface area contributed by atoms with Crippen molar-refractivity contribution in [1.82, 2.24) is 0 Å². The molecule has 4 atom stereocenters. The second-order valence-corrected chi connectivity index (χ2v) is 7.63. The number of amides is 1. The van der Waals surface area contributed by atoms with E-state index in [0.717, 1.165) is 12.1 Å². The Labute approximate surface area is 139 Å². The first-order valence-electron chi connectivity index (χ1n) is 7.35. The van der Waals surface area contributed by atoms with Gasteiger partial charge in [-0.25, -0.2) is 4.79 Å². The SMILES string of the molecule is C[C@H]1C[C@@H](OC(=O)Nc2ccccc2)[C@@H]2C=C(Cl)C=C[C@@H]2S1. The molecule has 1 aromatic carbocycles. The van der Waals surface area contributed by atoms with Crippen molar-refractivity contribution in [2.24, 2.45) is 5.92 Å². The van der Waals surface area contributed by atoms with Gasteiger partial charge in [-0.2, -0.15) is 11.8 Å². The molecule has 1 aromatic rings. The molecule has 3 nitrogen and oxygen atoms in total. The molecule has 1 heterocycles. The number of benzene rings is 1. The first-order chi connectivity index (χ1) is 10.6. The average molecular weight is 336 g/mol. The normalized spacial score (nSPS) is 30.2. The lowest BCUT2D eigenvalue weighted by molar-refractivity contribution is 0.0782. The largest absolute Gasteiger partial charge is 0.445 e. The van der Waals surface area contributed by atoms with Crippen molar-refractivity contribution in [3.8, 4) is 0 Å². The maximum atomic E-state index is 12.1. The highest BCUT2D eigenvalue weighted by molar-refractivity contribution is 8.00. The number of hydrogen-bond acceptors (Lipinski definition) is 3. The number of hydrogen-bond donors (Lipinski definition) is 1. The van der Waals surface area contributed by atoms with Crippen LogP contribution < -0.4 is 5.32 Å². The molecule has 5 heteroatoms. The van der Waals surface area contributed by atoms with Crippen molar-refractivity contribution in [3.05, 3.63) is 53.6 Å². The fourth-order valence-electron chi connectivity index (χ4n) is 2.85. The Hall–Kier alpha value is -1.39. The molecule has 116 valence electrons. The second kappa shape index (κ2) is 6.80. The van der Waals surface area contributed by atoms with Crippen LogP contribution in [0.1, 0.15) is 13.3 Å². The van der Waals surface area contributed by atoms with Gasteiger partial charge in [0.05, 0.1) is 0 Å². The average Bonchev–Trinajstić information content (AvgIpc) is 2.49. The van der Waals surface area contributed by atoms with Crippen LogP contribution in [-0.2, 0) is 4.74 Å². The molecule has 0 bridgehead atoms. The molecule has 1 saturated heterocycles. The molecular weight excluding hydrogens is 318 g/mol. The summed E-state index contributed by atoms with van der Waals surface area (Å²) in [6, 6.07) is 9.33. The van der Waals surface area contributed by atoms with Gasteiger partial charge in [0.15, 0.2) is 0 Å². The van der Waals surface area contributed by atoms with Gasteiger partial charge in [0.2, 0.25) is 0 Å². The Morgan fingerprint density at radius 1 is 1.36 bits per heavy atom. The number of fused-ring (bicyclic) bond motifs is 1. The lowest BCUT2D eigenvalue weighted by Gasteiger charge is -2.38. The van der Waals surface area contributed by atoms with Crippen LogP contribution in [-0.4, -0.2) is 22.7 Å². The molecular formula is C17H18ClNO2S. The number of carbonyl (C=O) groups is 1. The minimum atomic E-state index is -0.409. The molecule has 0 aromatic heterocycles. The van der Waals surface area contributed by atoms with Crippen molar-refractivity contribution < 1.29 is 9.53 Å². The summed E-state index contributed by atoms with van der Waals surface area (Å²) in [6.07, 6.45) is 6.32. The minimum Gasteiger partial charge on any atom is -0.445 e. The lowest BCUT2D eigenvalue weighted by atomic mass is 9.90. The van der Waals surface area contributed by atoms with E-state index in [4.69, 9.17) is 16.3 Å². The highest BCUT2D eigenvalue weighted by atomic mass is 35.5. The third-order valence-electron chi connectivity index (χ3n) is 3.84. The summed E-state index contributed by atoms with van der Waals surface area (Å²) in [5.74, 6) is 0.139. The summed E-state index contributed by atoms with van der Waals surface area (Å²) in [5.41, 5.74) is 0.736. The van der Waals surface area contributed by atoms with Gasteiger partial charge in [-0.15, -0.1) is 0 Å². The monoisotopic (exact) mass is 335 g/mol. The van der Waals surface area contributed by atoms with Crippen molar-refractivity contribution in [2.75, 3.05) is 5.32 Å². The molecule has 0 unspecified atom stereocenters. The zero-order chi connectivity index (χ0) is 15.5. The van der Waals surface area contributed by atoms with Gasteiger partial charge in [-0.3, -0.25) is 5.32 Å². The Kier molecular flexibility index (Phi) is 4.79. The number of carbonyl (C=O) groups excluding carboxylic acids is 1. The molecule has 1 N–H and O–H groups in total. The van der Waals surface area contributed by atoms with E-state index in [0.29, 0.717) is 15.5 Å². The molecule has 1 fully saturated rings. The van der Waals surface area contributed by atoms with E-state index in [9.17, 15) is 4.79 Å². The first kappa shape index (κ1) is 15.5. The van der Waals surface area contributed by atoms with Crippen LogP contribution in [0.4, 0.5) is 10.5 Å². The summed E-state index contributed by atoms with van der Waals surface area (Å²) in [5, 5.41) is 4.26. The van der Waals surface area contributed by atoms with Gasteiger partial charge in [0.25, 0.3) is 0 Å². The summed E-state index contributed by atoms with van der Waals surface area (Å²) in [6.45, 7) is 2.17. The zero-order valence-corrected chi connectivity index (χ0v) is 13.8. The maximum Gasteiger partial charge on any atom is 0.411 e. The molecule has 1 aliphatic carbocycles. The topological polar surface area (TPSA) is 38.3 Å². The quantitative estimate of drug-likeness (QED) is 0.843. The number of halogens is 1. The van der Waals surface area contributed by atoms with Crippen molar-refractivity contribution in [3.63, 3.8) is 0 Å². The fraction of sp³-hybridized carbons (Fsp3) is 0.353. The minimum absolute atomic E-state index is 0.139. The van der Waals surface area contributed by atoms with Gasteiger partial charge in [-0.1, -0.05) is 48.9 Å². The number of ether oxygens (including phenoxy) is 1. The second-order valence-electron chi connectivity index (χ2n) is 5.57. The van der Waals surface area contributed by atoms with Crippen LogP contribution in [0.5, 0.6) is 0 Å². The van der Waals surface area contributed by atoms with Gasteiger partial charge < -0.3 is 4.74 Å². The number of allylic oxidation sites excluding steroid dienone is 2. The predicted octanol–water partition coefficient (Wildman–Crippen LogP) is 4.81. The summed E-state index contributed by atoms with van der Waals surface area (Å²) in [7, 11) is 0. The molecule has 0 radical (unpaired) electrons. The highest BCUT2D eigenvalue weighted by Crippen LogP contribution is 2.41. The van der Waals surface area contributed by atoms with Crippen LogP contribution >= 0.6 is 23.4 Å². The first-order valence-corrected chi connectivity index (χ1v) is 8.67. The fourth-order valence-corrected chi connectivity index (χ4v) is 4.51. The predicted molar refractivity (Wildman–Crippen MR) is 92.4 cm³/mol. The van der Waals surface area contributed by atoms with E-state index < -0.39 is 6.09 Å². The molecule has 3 rings (SSSR count). The summed E-state index contributed by atoms with van der Waals surface area (Å²) < 4.78 is 5.68. The summed E-state index contributed by atoms with van der Waals surface area (Å²) in [4.78, 5) is 12.1. The number of rotatable bonds is 2. The summed E-state index contributed by atoms with van der Waals surface area (Å²) >= 11 is 8.02. The van der Waals surface area contributed by atoms with E-state index >= 15 is 0 Å². The Morgan fingerprint density at radius 2 is 2.14 bits per heavy atom. The van der Waals surface area contributed by atoms with Crippen molar-refractivity contribution >= 4 is 35.1 Å². The van der Waals surface area contributed by atoms with Gasteiger partial charge in [-0.05, 0) is 24.6 Å². The molecule has 22 heavy (non-hydrogen) atoms. The van der Waals surface area contributed by atoms with Crippen LogP contribution in [0, 0.1) is 5.92 Å². The van der Waals surface area contributed by atoms with Crippen LogP contribution in [0.2, 0.25) is 0 Å². The number of thioether (sulfide) groups is 1. The van der Waals surface area contributed by atoms with Crippen LogP contribution in [0.25, 0.3) is 0 Å². The molecule has 2 aliphatic rings. The van der Waals surface area contributed by atoms with E-state index in [-0.39, 0.29) is 12.0 Å². The van der Waals surface area contributed by atoms with Gasteiger partial charge in [0, 0.05) is 27.1 Å². The van der Waals surface area contributed by atoms with Crippen molar-refractivity contribution in [2.45, 2.75) is 29.9 Å². The number of nitrogens with one attached hydrogen (secondary N) is 1. The molecule has 0 spiro atoms. The van der Waals surface area contributed by atoms with Gasteiger partial charge in [0.1, 0.15) is 6.10 Å². The Morgan fingerprint density at radius 3 is 2.91 bits per heavy atom. The smallest absolute Gasteiger partial charge is 0.411 e. The standard InChI is InChI=1S/C17H18ClNO2S/c1-11-9-15(14-10-12(18)7-8-16(14)22-11)21-17(20)19-13-5-3-2-4-6-13/h2-8,10-11,14-16H,9H2,1H3,(H,19,20)/t11-,14-,15+,16-/m0/s1. The van der Waals surface area contributed by atoms with Gasteiger partial charge >= 0.3 is 6.09 Å². The van der Waals surface area contributed by atoms with E-state index in [1.165, 1.54) is 0 Å². The molecule has 0 saturated carbocycles. The molecule has 1 aliphatic heterocycles. The Bertz CT molecular complexity index is 602. The van der Waals surface area contributed by atoms with E-state index in [1.54, 1.807) is 0 Å². The number of para-hydroxylation sites is 1. The molecule has 1 amide bonds. The third kappa shape index (κ3) is 3.68. The lowest BCUT2D eigenvalue weighted by Crippen LogP contribution is -2.40. The highest BCUT2D eigenvalue weighted by Gasteiger charge is 2.38. The Balaban J connectivity index is 1.67. The number of anilines is 1. The van der Waals surface area contributed by atoms with E-state index in [2.05, 4.69) is 18.3 Å². The third-order valence-corrected chi connectivity index (χ3v) is 5.53. The zero-order valence-electron chi connectivity index (χ0n) is 12.2. The van der Waals surface area contributed by atoms with E-state index in [1.807, 2.05) is 54.2 Å².